The van der Waals surface area contributed by atoms with Gasteiger partial charge in [-0.2, -0.15) is 5.10 Å². The largest absolute Gasteiger partial charge is 0.339 e. The first-order valence-electron chi connectivity index (χ1n) is 8.59. The van der Waals surface area contributed by atoms with E-state index < -0.39 is 0 Å². The molecule has 1 amide bonds. The van der Waals surface area contributed by atoms with Crippen LogP contribution < -0.4 is 0 Å². The second-order valence-electron chi connectivity index (χ2n) is 6.35. The van der Waals surface area contributed by atoms with Gasteiger partial charge in [0.1, 0.15) is 0 Å². The van der Waals surface area contributed by atoms with Gasteiger partial charge in [0.25, 0.3) is 5.91 Å². The molecule has 1 fully saturated rings. The van der Waals surface area contributed by atoms with E-state index in [9.17, 15) is 4.79 Å². The number of carbonyl (C=O) groups is 1. The highest BCUT2D eigenvalue weighted by atomic mass is 16.2. The van der Waals surface area contributed by atoms with E-state index in [0.717, 1.165) is 48.6 Å². The topological polar surface area (TPSA) is 38.1 Å². The number of amides is 1. The lowest BCUT2D eigenvalue weighted by Gasteiger charge is -2.25. The number of likely N-dealkylation sites (tertiary alicyclic amines) is 1. The van der Waals surface area contributed by atoms with E-state index in [1.54, 1.807) is 0 Å². The second kappa shape index (κ2) is 6.99. The summed E-state index contributed by atoms with van der Waals surface area (Å²) in [4.78, 5) is 15.0. The third-order valence-corrected chi connectivity index (χ3v) is 4.65. The van der Waals surface area contributed by atoms with Gasteiger partial charge in [0, 0.05) is 13.1 Å². The van der Waals surface area contributed by atoms with Crippen LogP contribution in [0.2, 0.25) is 0 Å². The number of hydrogen-bond acceptors (Lipinski definition) is 2. The minimum Gasteiger partial charge on any atom is -0.339 e. The lowest BCUT2D eigenvalue weighted by molar-refractivity contribution is 0.0741. The van der Waals surface area contributed by atoms with Gasteiger partial charge in [0.15, 0.2) is 0 Å². The molecule has 2 aromatic rings. The van der Waals surface area contributed by atoms with Crippen LogP contribution in [0.15, 0.2) is 30.3 Å². The molecule has 2 heterocycles. The second-order valence-corrected chi connectivity index (χ2v) is 6.35. The Morgan fingerprint density at radius 2 is 1.57 bits per heavy atom. The maximum atomic E-state index is 13.0. The Morgan fingerprint density at radius 3 is 2.22 bits per heavy atom. The van der Waals surface area contributed by atoms with Crippen molar-refractivity contribution in [3.8, 4) is 5.69 Å². The Balaban J connectivity index is 1.90. The van der Waals surface area contributed by atoms with Crippen LogP contribution in [0.5, 0.6) is 0 Å². The molecule has 0 bridgehead atoms. The lowest BCUT2D eigenvalue weighted by atomic mass is 10.1. The average Bonchev–Trinajstić information content (AvgIpc) is 2.82. The van der Waals surface area contributed by atoms with Crippen molar-refractivity contribution in [1.82, 2.24) is 14.7 Å². The van der Waals surface area contributed by atoms with E-state index in [4.69, 9.17) is 0 Å². The van der Waals surface area contributed by atoms with Gasteiger partial charge in [-0.05, 0) is 38.8 Å². The number of rotatable bonds is 2. The fourth-order valence-corrected chi connectivity index (χ4v) is 3.38. The quantitative estimate of drug-likeness (QED) is 0.843. The van der Waals surface area contributed by atoms with Gasteiger partial charge in [-0.25, -0.2) is 4.68 Å². The maximum Gasteiger partial charge on any atom is 0.257 e. The van der Waals surface area contributed by atoms with Crippen LogP contribution in [0.4, 0.5) is 0 Å². The summed E-state index contributed by atoms with van der Waals surface area (Å²) < 4.78 is 1.88. The Labute approximate surface area is 138 Å². The first-order valence-corrected chi connectivity index (χ1v) is 8.59. The standard InChI is InChI=1S/C19H25N3O/c1-15-18(19(23)21-13-9-4-3-5-10-14-21)16(2)22(20-15)17-11-7-6-8-12-17/h6-8,11-12H,3-5,9-10,13-14H2,1-2H3. The molecule has 23 heavy (non-hydrogen) atoms. The molecule has 1 saturated heterocycles. The van der Waals surface area contributed by atoms with Gasteiger partial charge in [0.05, 0.1) is 22.6 Å². The molecule has 0 saturated carbocycles. The lowest BCUT2D eigenvalue weighted by Crippen LogP contribution is -2.34. The summed E-state index contributed by atoms with van der Waals surface area (Å²) in [5.74, 6) is 0.143. The predicted molar refractivity (Wildman–Crippen MR) is 92.0 cm³/mol. The molecular formula is C19H25N3O. The van der Waals surface area contributed by atoms with Crippen molar-refractivity contribution in [2.75, 3.05) is 13.1 Å². The van der Waals surface area contributed by atoms with Gasteiger partial charge >= 0.3 is 0 Å². The zero-order valence-electron chi connectivity index (χ0n) is 14.1. The molecule has 0 unspecified atom stereocenters. The Hall–Kier alpha value is -2.10. The van der Waals surface area contributed by atoms with Gasteiger partial charge in [-0.3, -0.25) is 4.79 Å². The van der Waals surface area contributed by atoms with Crippen molar-refractivity contribution in [2.45, 2.75) is 46.0 Å². The summed E-state index contributed by atoms with van der Waals surface area (Å²) in [5, 5.41) is 4.61. The van der Waals surface area contributed by atoms with Crippen LogP contribution in [0, 0.1) is 13.8 Å². The first-order chi connectivity index (χ1) is 11.2. The van der Waals surface area contributed by atoms with Gasteiger partial charge in [0.2, 0.25) is 0 Å². The molecule has 0 aliphatic carbocycles. The number of aromatic nitrogens is 2. The van der Waals surface area contributed by atoms with Crippen LogP contribution in [-0.4, -0.2) is 33.7 Å². The number of aryl methyl sites for hydroxylation is 1. The van der Waals surface area contributed by atoms with Crippen molar-refractivity contribution in [2.24, 2.45) is 0 Å². The van der Waals surface area contributed by atoms with E-state index in [1.807, 2.05) is 53.8 Å². The van der Waals surface area contributed by atoms with Crippen LogP contribution in [0.1, 0.15) is 53.8 Å². The van der Waals surface area contributed by atoms with Crippen molar-refractivity contribution >= 4 is 5.91 Å². The number of benzene rings is 1. The van der Waals surface area contributed by atoms with Crippen LogP contribution in [0.3, 0.4) is 0 Å². The third kappa shape index (κ3) is 3.31. The molecule has 0 radical (unpaired) electrons. The molecule has 4 heteroatoms. The number of para-hydroxylation sites is 1. The van der Waals surface area contributed by atoms with Crippen LogP contribution in [0.25, 0.3) is 5.69 Å². The van der Waals surface area contributed by atoms with Crippen molar-refractivity contribution < 1.29 is 4.79 Å². The molecule has 0 atom stereocenters. The molecule has 4 nitrogen and oxygen atoms in total. The monoisotopic (exact) mass is 311 g/mol. The summed E-state index contributed by atoms with van der Waals surface area (Å²) in [6.45, 7) is 5.66. The maximum absolute atomic E-state index is 13.0. The predicted octanol–water partition coefficient (Wildman–Crippen LogP) is 3.90. The molecule has 122 valence electrons. The molecule has 0 N–H and O–H groups in total. The zero-order chi connectivity index (χ0) is 16.2. The van der Waals surface area contributed by atoms with Crippen molar-refractivity contribution in [3.05, 3.63) is 47.3 Å². The van der Waals surface area contributed by atoms with E-state index >= 15 is 0 Å². The summed E-state index contributed by atoms with van der Waals surface area (Å²) in [6.07, 6.45) is 5.97. The fourth-order valence-electron chi connectivity index (χ4n) is 3.38. The number of nitrogens with zero attached hydrogens (tertiary/aromatic N) is 3. The molecule has 0 spiro atoms. The summed E-state index contributed by atoms with van der Waals surface area (Å²) >= 11 is 0. The van der Waals surface area contributed by atoms with Crippen molar-refractivity contribution in [3.63, 3.8) is 0 Å². The highest BCUT2D eigenvalue weighted by Crippen LogP contribution is 2.21. The minimum absolute atomic E-state index is 0.143. The average molecular weight is 311 g/mol. The van der Waals surface area contributed by atoms with Crippen LogP contribution >= 0.6 is 0 Å². The summed E-state index contributed by atoms with van der Waals surface area (Å²) in [5.41, 5.74) is 3.52. The molecular weight excluding hydrogens is 286 g/mol. The normalized spacial score (nSPS) is 16.0. The molecule has 1 aromatic carbocycles. The first kappa shape index (κ1) is 15.8. The third-order valence-electron chi connectivity index (χ3n) is 4.65. The molecule has 1 aliphatic heterocycles. The van der Waals surface area contributed by atoms with E-state index in [1.165, 1.54) is 19.3 Å². The highest BCUT2D eigenvalue weighted by Gasteiger charge is 2.24. The summed E-state index contributed by atoms with van der Waals surface area (Å²) in [7, 11) is 0. The van der Waals surface area contributed by atoms with Crippen molar-refractivity contribution in [1.29, 1.82) is 0 Å². The molecule has 3 rings (SSSR count). The number of carbonyl (C=O) groups excluding carboxylic acids is 1. The fraction of sp³-hybridized carbons (Fsp3) is 0.474. The Morgan fingerprint density at radius 1 is 0.957 bits per heavy atom. The minimum atomic E-state index is 0.143. The van der Waals surface area contributed by atoms with Crippen LogP contribution in [-0.2, 0) is 0 Å². The summed E-state index contributed by atoms with van der Waals surface area (Å²) in [6, 6.07) is 10.0. The van der Waals surface area contributed by atoms with E-state index in [0.29, 0.717) is 0 Å². The molecule has 1 aromatic heterocycles. The Kier molecular flexibility index (Phi) is 4.79. The smallest absolute Gasteiger partial charge is 0.257 e. The zero-order valence-corrected chi connectivity index (χ0v) is 14.1. The highest BCUT2D eigenvalue weighted by molar-refractivity contribution is 5.96. The van der Waals surface area contributed by atoms with E-state index in [2.05, 4.69) is 5.10 Å². The van der Waals surface area contributed by atoms with Gasteiger partial charge in [-0.15, -0.1) is 0 Å². The molecule has 1 aliphatic rings. The van der Waals surface area contributed by atoms with E-state index in [-0.39, 0.29) is 5.91 Å². The van der Waals surface area contributed by atoms with Gasteiger partial charge in [-0.1, -0.05) is 37.5 Å². The SMILES string of the molecule is Cc1nn(-c2ccccc2)c(C)c1C(=O)N1CCCCCCC1. The Bertz CT molecular complexity index is 667. The number of hydrogen-bond donors (Lipinski definition) is 0. The van der Waals surface area contributed by atoms with Gasteiger partial charge < -0.3 is 4.90 Å².